The number of esters is 1. The lowest BCUT2D eigenvalue weighted by molar-refractivity contribution is -0.153. The molecule has 1 aliphatic rings. The topological polar surface area (TPSA) is 192 Å². The molecule has 0 aromatic carbocycles. The second-order valence-corrected chi connectivity index (χ2v) is 6.67. The van der Waals surface area contributed by atoms with Crippen molar-refractivity contribution in [3.63, 3.8) is 0 Å². The fourth-order valence-electron chi connectivity index (χ4n) is 3.19. The summed E-state index contributed by atoms with van der Waals surface area (Å²) >= 11 is 0. The van der Waals surface area contributed by atoms with E-state index in [0.717, 1.165) is 6.33 Å². The van der Waals surface area contributed by atoms with E-state index in [4.69, 9.17) is 24.7 Å². The molecule has 1 saturated heterocycles. The molecule has 1 aliphatic heterocycles. The molecule has 3 heterocycles. The van der Waals surface area contributed by atoms with Gasteiger partial charge in [-0.3, -0.25) is 0 Å². The normalized spacial score (nSPS) is 26.2. The van der Waals surface area contributed by atoms with Crippen LogP contribution in [0.2, 0.25) is 0 Å². The zero-order valence-electron chi connectivity index (χ0n) is 16.7. The number of aromatic nitrogens is 3. The molecular weight excluding hydrogens is 414 g/mol. The van der Waals surface area contributed by atoms with Gasteiger partial charge < -0.3 is 34.9 Å². The Hall–Kier alpha value is -3.47. The van der Waals surface area contributed by atoms with Crippen LogP contribution in [0, 0.1) is 11.3 Å². The molecule has 13 heteroatoms. The van der Waals surface area contributed by atoms with Gasteiger partial charge in [0.1, 0.15) is 42.8 Å². The fraction of sp³-hybridized carbons (Fsp3) is 0.500. The first kappa shape index (κ1) is 22.2. The van der Waals surface area contributed by atoms with E-state index in [1.807, 2.05) is 6.07 Å². The summed E-state index contributed by atoms with van der Waals surface area (Å²) in [5.41, 5.74) is 4.24. The second kappa shape index (κ2) is 8.72. The van der Waals surface area contributed by atoms with Crippen molar-refractivity contribution in [3.05, 3.63) is 24.2 Å². The Kier molecular flexibility index (Phi) is 6.25. The Morgan fingerprint density at radius 2 is 2.16 bits per heavy atom. The lowest BCUT2D eigenvalue weighted by Crippen LogP contribution is -2.41. The van der Waals surface area contributed by atoms with Crippen LogP contribution in [0.4, 0.5) is 10.6 Å². The van der Waals surface area contributed by atoms with E-state index in [9.17, 15) is 25.1 Å². The molecule has 0 unspecified atom stereocenters. The van der Waals surface area contributed by atoms with Crippen LogP contribution in [-0.2, 0) is 29.3 Å². The molecule has 0 radical (unpaired) electrons. The van der Waals surface area contributed by atoms with Crippen molar-refractivity contribution in [3.8, 4) is 6.07 Å². The quantitative estimate of drug-likeness (QED) is 0.482. The summed E-state index contributed by atoms with van der Waals surface area (Å²) in [6.07, 6.45) is -5.81. The van der Waals surface area contributed by atoms with Gasteiger partial charge in [0.2, 0.25) is 5.60 Å². The summed E-state index contributed by atoms with van der Waals surface area (Å²) in [6.45, 7) is 2.46. The average Bonchev–Trinajstić information content (AvgIpc) is 3.28. The van der Waals surface area contributed by atoms with Crippen LogP contribution in [0.5, 0.6) is 0 Å². The highest BCUT2D eigenvalue weighted by molar-refractivity contribution is 5.77. The summed E-state index contributed by atoms with van der Waals surface area (Å²) in [5, 5.41) is 34.8. The molecule has 13 nitrogen and oxygen atoms in total. The Bertz CT molecular complexity index is 1020. The van der Waals surface area contributed by atoms with Crippen molar-refractivity contribution in [2.45, 2.75) is 43.9 Å². The first-order chi connectivity index (χ1) is 14.7. The summed E-state index contributed by atoms with van der Waals surface area (Å²) in [6, 6.07) is 4.85. The van der Waals surface area contributed by atoms with E-state index in [1.54, 1.807) is 6.92 Å². The maximum Gasteiger partial charge on any atom is 0.509 e. The average molecular weight is 435 g/mol. The maximum absolute atomic E-state index is 11.8. The number of nitriles is 1. The summed E-state index contributed by atoms with van der Waals surface area (Å²) in [5.74, 6) is -0.613. The SMILES string of the molecule is CCOC(=O)[C@H](C)OC(=O)OC[C@H]1O[C@@](C#N)(c2ccc3c(N)ncnn23)[C@H](O)[C@@H]1O. The second-order valence-electron chi connectivity index (χ2n) is 6.67. The van der Waals surface area contributed by atoms with Crippen LogP contribution in [-0.4, -0.2) is 74.6 Å². The number of nitrogens with two attached hydrogens (primary N) is 1. The molecule has 0 spiro atoms. The van der Waals surface area contributed by atoms with Gasteiger partial charge in [-0.05, 0) is 26.0 Å². The number of anilines is 1. The molecule has 2 aromatic rings. The van der Waals surface area contributed by atoms with Gasteiger partial charge in [0.25, 0.3) is 0 Å². The number of ether oxygens (including phenoxy) is 4. The number of nitrogen functional groups attached to an aromatic ring is 1. The number of aliphatic hydroxyl groups is 2. The number of rotatable bonds is 6. The molecule has 166 valence electrons. The molecule has 0 saturated carbocycles. The fourth-order valence-corrected chi connectivity index (χ4v) is 3.19. The van der Waals surface area contributed by atoms with Gasteiger partial charge in [-0.1, -0.05) is 0 Å². The Morgan fingerprint density at radius 3 is 2.84 bits per heavy atom. The van der Waals surface area contributed by atoms with Crippen molar-refractivity contribution in [2.24, 2.45) is 0 Å². The first-order valence-electron chi connectivity index (χ1n) is 9.29. The van der Waals surface area contributed by atoms with Gasteiger partial charge in [-0.25, -0.2) is 19.1 Å². The van der Waals surface area contributed by atoms with Crippen molar-refractivity contribution >= 4 is 23.5 Å². The van der Waals surface area contributed by atoms with E-state index in [-0.39, 0.29) is 18.1 Å². The predicted molar refractivity (Wildman–Crippen MR) is 100 cm³/mol. The minimum absolute atomic E-state index is 0.103. The largest absolute Gasteiger partial charge is 0.509 e. The number of carbonyl (C=O) groups excluding carboxylic acids is 2. The molecule has 0 aliphatic carbocycles. The van der Waals surface area contributed by atoms with Gasteiger partial charge in [0.15, 0.2) is 11.9 Å². The third-order valence-corrected chi connectivity index (χ3v) is 4.74. The molecule has 31 heavy (non-hydrogen) atoms. The smallest absolute Gasteiger partial charge is 0.463 e. The molecular formula is C18H21N5O8. The number of aliphatic hydroxyl groups excluding tert-OH is 2. The number of hydrogen-bond donors (Lipinski definition) is 3. The van der Waals surface area contributed by atoms with Crippen LogP contribution in [0.15, 0.2) is 18.5 Å². The van der Waals surface area contributed by atoms with Crippen LogP contribution >= 0.6 is 0 Å². The molecule has 1 fully saturated rings. The van der Waals surface area contributed by atoms with E-state index >= 15 is 0 Å². The third-order valence-electron chi connectivity index (χ3n) is 4.74. The minimum Gasteiger partial charge on any atom is -0.463 e. The van der Waals surface area contributed by atoms with Crippen molar-refractivity contribution in [2.75, 3.05) is 18.9 Å². The van der Waals surface area contributed by atoms with E-state index in [2.05, 4.69) is 10.1 Å². The lowest BCUT2D eigenvalue weighted by Gasteiger charge is -2.24. The molecule has 2 aromatic heterocycles. The van der Waals surface area contributed by atoms with Gasteiger partial charge in [-0.15, -0.1) is 0 Å². The summed E-state index contributed by atoms with van der Waals surface area (Å²) in [4.78, 5) is 27.2. The highest BCUT2D eigenvalue weighted by Gasteiger charge is 2.57. The summed E-state index contributed by atoms with van der Waals surface area (Å²) < 4.78 is 21.3. The van der Waals surface area contributed by atoms with Crippen LogP contribution in [0.25, 0.3) is 5.52 Å². The molecule has 4 N–H and O–H groups in total. The standard InChI is InChI=1S/C18H21N5O8/c1-3-28-16(26)9(2)30-17(27)29-6-11-13(24)14(25)18(7-19,31-11)12-5-4-10-15(20)21-8-22-23(10)12/h4-5,8-9,11,13-14,24-25H,3,6H2,1-2H3,(H2,20,21,22)/t9-,11+,13+,14+,18-/m0/s1. The van der Waals surface area contributed by atoms with Crippen molar-refractivity contribution in [1.29, 1.82) is 5.26 Å². The van der Waals surface area contributed by atoms with Gasteiger partial charge >= 0.3 is 12.1 Å². The third kappa shape index (κ3) is 3.96. The van der Waals surface area contributed by atoms with E-state index < -0.39 is 48.7 Å². The zero-order valence-corrected chi connectivity index (χ0v) is 16.7. The maximum atomic E-state index is 11.8. The van der Waals surface area contributed by atoms with Crippen molar-refractivity contribution < 1.29 is 38.7 Å². The highest BCUT2D eigenvalue weighted by Crippen LogP contribution is 2.40. The summed E-state index contributed by atoms with van der Waals surface area (Å²) in [7, 11) is 0. The van der Waals surface area contributed by atoms with Crippen LogP contribution in [0.1, 0.15) is 19.5 Å². The van der Waals surface area contributed by atoms with Crippen LogP contribution < -0.4 is 5.73 Å². The Morgan fingerprint density at radius 1 is 1.42 bits per heavy atom. The monoisotopic (exact) mass is 435 g/mol. The highest BCUT2D eigenvalue weighted by atomic mass is 16.7. The van der Waals surface area contributed by atoms with Gasteiger partial charge in [0, 0.05) is 0 Å². The van der Waals surface area contributed by atoms with E-state index in [1.165, 1.54) is 23.6 Å². The molecule has 0 amide bonds. The molecule has 0 bridgehead atoms. The number of hydrogen-bond acceptors (Lipinski definition) is 12. The van der Waals surface area contributed by atoms with Gasteiger partial charge in [-0.2, -0.15) is 10.4 Å². The number of nitrogens with zero attached hydrogens (tertiary/aromatic N) is 4. The first-order valence-corrected chi connectivity index (χ1v) is 9.29. The Labute approximate surface area is 175 Å². The molecule has 5 atom stereocenters. The number of carbonyl (C=O) groups is 2. The van der Waals surface area contributed by atoms with E-state index in [0.29, 0.717) is 5.52 Å². The predicted octanol–water partition coefficient (Wildman–Crippen LogP) is -0.744. The number of fused-ring (bicyclic) bond motifs is 1. The minimum atomic E-state index is -2.03. The Balaban J connectivity index is 1.74. The molecule has 3 rings (SSSR count). The van der Waals surface area contributed by atoms with Gasteiger partial charge in [0.05, 0.1) is 12.3 Å². The zero-order chi connectivity index (χ0) is 22.8. The van der Waals surface area contributed by atoms with Crippen LogP contribution in [0.3, 0.4) is 0 Å². The lowest BCUT2D eigenvalue weighted by atomic mass is 9.92. The van der Waals surface area contributed by atoms with Crippen molar-refractivity contribution in [1.82, 2.24) is 14.6 Å².